The van der Waals surface area contributed by atoms with Gasteiger partial charge in [0.25, 0.3) is 0 Å². The number of phenolic OH excluding ortho intramolecular Hbond substituents is 1. The summed E-state index contributed by atoms with van der Waals surface area (Å²) < 4.78 is 30.6. The average molecular weight is 650 g/mol. The van der Waals surface area contributed by atoms with E-state index in [0.717, 1.165) is 46.2 Å². The molecule has 1 saturated heterocycles. The summed E-state index contributed by atoms with van der Waals surface area (Å²) in [6.45, 7) is 12.6. The lowest BCUT2D eigenvalue weighted by molar-refractivity contribution is -0.147. The van der Waals surface area contributed by atoms with Crippen molar-refractivity contribution < 1.29 is 38.4 Å². The van der Waals surface area contributed by atoms with Crippen molar-refractivity contribution in [2.24, 2.45) is 23.2 Å². The largest absolute Gasteiger partial charge is 0.508 e. The summed E-state index contributed by atoms with van der Waals surface area (Å²) in [5, 5.41) is 10.0. The van der Waals surface area contributed by atoms with Crippen molar-refractivity contribution in [2.75, 3.05) is 14.2 Å². The monoisotopic (exact) mass is 648 g/mol. The molecule has 8 atom stereocenters. The van der Waals surface area contributed by atoms with Gasteiger partial charge >= 0.3 is 11.9 Å². The van der Waals surface area contributed by atoms with Crippen molar-refractivity contribution >= 4 is 27.9 Å². The molecule has 4 rings (SSSR count). The number of methoxy groups -OCH3 is 2. The first kappa shape index (κ1) is 32.6. The van der Waals surface area contributed by atoms with E-state index in [1.165, 1.54) is 0 Å². The van der Waals surface area contributed by atoms with E-state index in [9.17, 15) is 14.7 Å². The molecule has 2 heterocycles. The highest BCUT2D eigenvalue weighted by Gasteiger charge is 2.49. The van der Waals surface area contributed by atoms with Gasteiger partial charge in [-0.3, -0.25) is 4.79 Å². The van der Waals surface area contributed by atoms with Crippen LogP contribution in [0.15, 0.2) is 45.7 Å². The molecular formula is C33H45BrO8. The van der Waals surface area contributed by atoms with Crippen molar-refractivity contribution in [3.8, 4) is 5.75 Å². The first-order chi connectivity index (χ1) is 19.8. The van der Waals surface area contributed by atoms with Gasteiger partial charge in [-0.25, -0.2) is 4.79 Å². The number of hydrogen-bond acceptors (Lipinski definition) is 8. The van der Waals surface area contributed by atoms with Crippen LogP contribution in [0.25, 0.3) is 0 Å². The fourth-order valence-electron chi connectivity index (χ4n) is 6.98. The van der Waals surface area contributed by atoms with E-state index in [2.05, 4.69) is 50.5 Å². The van der Waals surface area contributed by atoms with Gasteiger partial charge in [0.15, 0.2) is 0 Å². The van der Waals surface area contributed by atoms with Crippen molar-refractivity contribution in [2.45, 2.75) is 97.7 Å². The maximum Gasteiger partial charge on any atom is 0.331 e. The highest BCUT2D eigenvalue weighted by molar-refractivity contribution is 9.10. The maximum atomic E-state index is 13.1. The van der Waals surface area contributed by atoms with Gasteiger partial charge in [-0.05, 0) is 67.4 Å². The predicted octanol–water partition coefficient (Wildman–Crippen LogP) is 6.80. The number of hydrogen-bond donors (Lipinski definition) is 1. The third-order valence-electron chi connectivity index (χ3n) is 9.11. The maximum absolute atomic E-state index is 13.1. The third-order valence-corrected chi connectivity index (χ3v) is 9.83. The SMILES string of the molecule is COC(CCC(C)C1OC2=C(C(=CC(=O)OC3CC(=O)OC3C)C(C)CC2(C)C)C(OC)C1C)c1cc(O)ccc1Br. The van der Waals surface area contributed by atoms with Crippen LogP contribution in [-0.4, -0.2) is 55.7 Å². The standard InChI is InChI=1S/C33H45BrO8/c1-17(9-12-25(38-7)23-13-21(35)10-11-24(23)34)30-19(3)31(39-8)29-22(18(2)16-33(5,6)32(29)42-30)14-27(36)41-26-15-28(37)40-20(26)4/h10-11,13-14,17-20,25-26,30-31,35H,9,12,15-16H2,1-8H3. The van der Waals surface area contributed by atoms with Gasteiger partial charge < -0.3 is 28.8 Å². The number of carbonyl (C=O) groups is 2. The highest BCUT2D eigenvalue weighted by atomic mass is 79.9. The van der Waals surface area contributed by atoms with Crippen LogP contribution in [0.3, 0.4) is 0 Å². The molecule has 0 radical (unpaired) electrons. The van der Waals surface area contributed by atoms with Gasteiger partial charge in [0.05, 0.1) is 18.6 Å². The molecule has 8 nitrogen and oxygen atoms in total. The number of phenols is 1. The lowest BCUT2D eigenvalue weighted by Gasteiger charge is -2.49. The van der Waals surface area contributed by atoms with E-state index >= 15 is 0 Å². The number of aromatic hydroxyl groups is 1. The van der Waals surface area contributed by atoms with E-state index in [4.69, 9.17) is 23.7 Å². The molecular weight excluding hydrogens is 604 g/mol. The second-order valence-electron chi connectivity index (χ2n) is 12.8. The highest BCUT2D eigenvalue weighted by Crippen LogP contribution is 2.53. The molecule has 0 bridgehead atoms. The second-order valence-corrected chi connectivity index (χ2v) is 13.6. The molecule has 0 spiro atoms. The van der Waals surface area contributed by atoms with Crippen LogP contribution in [0.4, 0.5) is 0 Å². The van der Waals surface area contributed by atoms with Crippen molar-refractivity contribution in [3.05, 3.63) is 51.2 Å². The number of rotatable bonds is 9. The third kappa shape index (κ3) is 6.73. The quantitative estimate of drug-likeness (QED) is 0.230. The van der Waals surface area contributed by atoms with Crippen molar-refractivity contribution in [1.29, 1.82) is 0 Å². The second kappa shape index (κ2) is 13.1. The molecule has 1 aromatic carbocycles. The van der Waals surface area contributed by atoms with Crippen LogP contribution in [0, 0.1) is 23.2 Å². The molecule has 0 amide bonds. The van der Waals surface area contributed by atoms with Gasteiger partial charge in [0.1, 0.15) is 29.8 Å². The summed E-state index contributed by atoms with van der Waals surface area (Å²) in [4.78, 5) is 24.8. The Kier molecular flexibility index (Phi) is 10.2. The summed E-state index contributed by atoms with van der Waals surface area (Å²) >= 11 is 3.59. The van der Waals surface area contributed by atoms with Crippen LogP contribution in [0.1, 0.15) is 78.9 Å². The smallest absolute Gasteiger partial charge is 0.331 e. The molecule has 3 aliphatic rings. The summed E-state index contributed by atoms with van der Waals surface area (Å²) in [7, 11) is 3.40. The molecule has 42 heavy (non-hydrogen) atoms. The van der Waals surface area contributed by atoms with Crippen LogP contribution in [-0.2, 0) is 33.3 Å². The van der Waals surface area contributed by atoms with E-state index in [1.54, 1.807) is 39.4 Å². The number of cyclic esters (lactones) is 1. The lowest BCUT2D eigenvalue weighted by atomic mass is 9.65. The van der Waals surface area contributed by atoms with Gasteiger partial charge in [-0.1, -0.05) is 50.5 Å². The normalized spacial score (nSPS) is 31.3. The Hall–Kier alpha value is -2.36. The molecule has 232 valence electrons. The van der Waals surface area contributed by atoms with Gasteiger partial charge in [-0.2, -0.15) is 0 Å². The lowest BCUT2D eigenvalue weighted by Crippen LogP contribution is -2.47. The molecule has 1 aliphatic carbocycles. The van der Waals surface area contributed by atoms with Crippen LogP contribution >= 0.6 is 15.9 Å². The molecule has 9 heteroatoms. The summed E-state index contributed by atoms with van der Waals surface area (Å²) in [6, 6.07) is 5.22. The topological polar surface area (TPSA) is 101 Å². The number of carbonyl (C=O) groups excluding carboxylic acids is 2. The van der Waals surface area contributed by atoms with Crippen molar-refractivity contribution in [1.82, 2.24) is 0 Å². The fourth-order valence-corrected chi connectivity index (χ4v) is 7.48. The number of esters is 2. The Morgan fingerprint density at radius 1 is 1.19 bits per heavy atom. The first-order valence-electron chi connectivity index (χ1n) is 14.8. The minimum absolute atomic E-state index is 0.0126. The van der Waals surface area contributed by atoms with Crippen molar-refractivity contribution in [3.63, 3.8) is 0 Å². The molecule has 0 saturated carbocycles. The average Bonchev–Trinajstić information content (AvgIpc) is 3.23. The van der Waals surface area contributed by atoms with Crippen LogP contribution in [0.5, 0.6) is 5.75 Å². The van der Waals surface area contributed by atoms with E-state index < -0.39 is 18.2 Å². The van der Waals surface area contributed by atoms with Crippen LogP contribution < -0.4 is 0 Å². The van der Waals surface area contributed by atoms with E-state index in [-0.39, 0.29) is 59.6 Å². The molecule has 1 N–H and O–H groups in total. The van der Waals surface area contributed by atoms with Gasteiger partial charge in [-0.15, -0.1) is 0 Å². The summed E-state index contributed by atoms with van der Waals surface area (Å²) in [5.41, 5.74) is 2.45. The zero-order valence-corrected chi connectivity index (χ0v) is 27.5. The number of ether oxygens (including phenoxy) is 5. The number of benzene rings is 1. The minimum atomic E-state index is -0.591. The van der Waals surface area contributed by atoms with E-state index in [1.807, 2.05) is 6.07 Å². The molecule has 0 aromatic heterocycles. The number of allylic oxidation sites excluding steroid dienone is 1. The van der Waals surface area contributed by atoms with Gasteiger partial charge in [0.2, 0.25) is 0 Å². The summed E-state index contributed by atoms with van der Waals surface area (Å²) in [6.07, 6.45) is 2.40. The van der Waals surface area contributed by atoms with Crippen LogP contribution in [0.2, 0.25) is 0 Å². The number of halogens is 1. The zero-order chi connectivity index (χ0) is 30.9. The molecule has 8 unspecified atom stereocenters. The predicted molar refractivity (Wildman–Crippen MR) is 162 cm³/mol. The van der Waals surface area contributed by atoms with E-state index in [0.29, 0.717) is 0 Å². The molecule has 1 aromatic rings. The summed E-state index contributed by atoms with van der Waals surface area (Å²) in [5.74, 6) is 0.500. The zero-order valence-electron chi connectivity index (χ0n) is 25.9. The first-order valence-corrected chi connectivity index (χ1v) is 15.6. The Bertz CT molecular complexity index is 1240. The molecule has 2 aliphatic heterocycles. The Balaban J connectivity index is 1.58. The fraction of sp³-hybridized carbons (Fsp3) is 0.636. The molecule has 1 fully saturated rings. The Morgan fingerprint density at radius 3 is 2.52 bits per heavy atom. The minimum Gasteiger partial charge on any atom is -0.508 e. The van der Waals surface area contributed by atoms with Gasteiger partial charge in [0, 0.05) is 41.7 Å². The Labute approximate surface area is 257 Å². The Morgan fingerprint density at radius 2 is 1.90 bits per heavy atom.